The van der Waals surface area contributed by atoms with E-state index in [0.29, 0.717) is 38.3 Å². The van der Waals surface area contributed by atoms with Gasteiger partial charge in [0.05, 0.1) is 6.04 Å². The van der Waals surface area contributed by atoms with Crippen LogP contribution in [-0.4, -0.2) is 77.3 Å². The third-order valence-electron chi connectivity index (χ3n) is 8.17. The molecule has 0 saturated heterocycles. The Morgan fingerprint density at radius 1 is 1.02 bits per heavy atom. The zero-order valence-electron chi connectivity index (χ0n) is 28.1. The summed E-state index contributed by atoms with van der Waals surface area (Å²) in [6, 6.07) is 9.07. The minimum absolute atomic E-state index is 0.240. The van der Waals surface area contributed by atoms with Gasteiger partial charge in [-0.25, -0.2) is 4.98 Å². The molecular weight excluding hydrogens is 604 g/mol. The molecule has 3 rings (SSSR count). The van der Waals surface area contributed by atoms with Crippen LogP contribution in [0.2, 0.25) is 0 Å². The van der Waals surface area contributed by atoms with Gasteiger partial charge in [-0.15, -0.1) is 11.3 Å². The molecule has 0 spiro atoms. The zero-order valence-corrected chi connectivity index (χ0v) is 28.9. The molecule has 3 amide bonds. The Morgan fingerprint density at radius 2 is 1.72 bits per heavy atom. The van der Waals surface area contributed by atoms with E-state index >= 15 is 0 Å². The summed E-state index contributed by atoms with van der Waals surface area (Å²) in [6.45, 7) is 11.6. The lowest BCUT2D eigenvalue weighted by Gasteiger charge is -2.33. The molecule has 1 aliphatic rings. The highest BCUT2D eigenvalue weighted by Crippen LogP contribution is 2.31. The number of aromatic nitrogens is 1. The van der Waals surface area contributed by atoms with Crippen molar-refractivity contribution < 1.29 is 28.7 Å². The Hall–Kier alpha value is -3.41. The van der Waals surface area contributed by atoms with E-state index in [9.17, 15) is 19.2 Å². The van der Waals surface area contributed by atoms with Crippen LogP contribution in [-0.2, 0) is 23.9 Å². The quantitative estimate of drug-likeness (QED) is 0.107. The van der Waals surface area contributed by atoms with Crippen molar-refractivity contribution in [2.45, 2.75) is 97.4 Å². The molecule has 1 unspecified atom stereocenters. The monoisotopic (exact) mass is 654 g/mol. The first-order chi connectivity index (χ1) is 22.0. The van der Waals surface area contributed by atoms with E-state index < -0.39 is 18.1 Å². The molecule has 0 aliphatic carbocycles. The molecular formula is C35H50N4O6S. The van der Waals surface area contributed by atoms with Gasteiger partial charge in [0, 0.05) is 43.6 Å². The van der Waals surface area contributed by atoms with Crippen molar-refractivity contribution in [1.82, 2.24) is 20.1 Å². The van der Waals surface area contributed by atoms with E-state index in [-0.39, 0.29) is 35.6 Å². The molecule has 0 radical (unpaired) electrons. The minimum Gasteiger partial charge on any atom is -0.455 e. The summed E-state index contributed by atoms with van der Waals surface area (Å²) in [5, 5.41) is 5.43. The smallest absolute Gasteiger partial charge is 0.303 e. The van der Waals surface area contributed by atoms with Crippen LogP contribution >= 0.6 is 11.3 Å². The lowest BCUT2D eigenvalue weighted by atomic mass is 9.96. The minimum atomic E-state index is -0.645. The van der Waals surface area contributed by atoms with Gasteiger partial charge >= 0.3 is 5.97 Å². The number of amides is 3. The molecule has 1 aliphatic heterocycles. The average molecular weight is 655 g/mol. The molecule has 2 heterocycles. The number of carbonyl (C=O) groups excluding carboxylic acids is 4. The number of hydrogen-bond donors (Lipinski definition) is 1. The summed E-state index contributed by atoms with van der Waals surface area (Å²) in [5.41, 5.74) is 1.07. The van der Waals surface area contributed by atoms with Crippen molar-refractivity contribution >= 4 is 35.0 Å². The molecule has 0 bridgehead atoms. The van der Waals surface area contributed by atoms with Crippen LogP contribution in [0.25, 0.3) is 0 Å². The van der Waals surface area contributed by atoms with Crippen molar-refractivity contribution in [3.8, 4) is 0 Å². The lowest BCUT2D eigenvalue weighted by molar-refractivity contribution is -0.148. The summed E-state index contributed by atoms with van der Waals surface area (Å²) in [6.07, 6.45) is 7.09. The van der Waals surface area contributed by atoms with E-state index in [2.05, 4.69) is 38.0 Å². The SMILES string of the molecule is CCCCCN(C)[C@H](C[C@@H](OCCCCN1C(=O)C=CC1=O)c1nc(C(=O)N[C@H](C)C(OC(C)=O)c2ccccc2)cs1)C(C)C. The van der Waals surface area contributed by atoms with Crippen LogP contribution in [0.15, 0.2) is 47.9 Å². The summed E-state index contributed by atoms with van der Waals surface area (Å²) in [4.78, 5) is 57.4. The van der Waals surface area contributed by atoms with Crippen LogP contribution < -0.4 is 5.32 Å². The number of rotatable bonds is 20. The van der Waals surface area contributed by atoms with Crippen LogP contribution in [0.3, 0.4) is 0 Å². The van der Waals surface area contributed by atoms with Gasteiger partial charge in [0.2, 0.25) is 0 Å². The summed E-state index contributed by atoms with van der Waals surface area (Å²) in [5.74, 6) is -0.966. The van der Waals surface area contributed by atoms with Gasteiger partial charge in [0.1, 0.15) is 22.9 Å². The fraction of sp³-hybridized carbons (Fsp3) is 0.571. The third kappa shape index (κ3) is 11.1. The summed E-state index contributed by atoms with van der Waals surface area (Å²) >= 11 is 1.39. The summed E-state index contributed by atoms with van der Waals surface area (Å²) < 4.78 is 12.0. The van der Waals surface area contributed by atoms with Crippen LogP contribution in [0, 0.1) is 5.92 Å². The Kier molecular flexibility index (Phi) is 15.0. The maximum absolute atomic E-state index is 13.4. The van der Waals surface area contributed by atoms with Gasteiger partial charge in [-0.3, -0.25) is 24.1 Å². The number of nitrogens with zero attached hydrogens (tertiary/aromatic N) is 3. The molecule has 10 nitrogen and oxygen atoms in total. The topological polar surface area (TPSA) is 118 Å². The fourth-order valence-corrected chi connectivity index (χ4v) is 6.48. The van der Waals surface area contributed by atoms with Crippen molar-refractivity contribution in [3.63, 3.8) is 0 Å². The van der Waals surface area contributed by atoms with Crippen molar-refractivity contribution in [2.24, 2.45) is 5.92 Å². The normalized spacial score (nSPS) is 15.8. The molecule has 0 fully saturated rings. The number of benzene rings is 1. The van der Waals surface area contributed by atoms with Gasteiger partial charge in [0.25, 0.3) is 17.7 Å². The van der Waals surface area contributed by atoms with E-state index in [1.165, 1.54) is 41.7 Å². The van der Waals surface area contributed by atoms with Gasteiger partial charge in [-0.2, -0.15) is 0 Å². The Balaban J connectivity index is 1.71. The van der Waals surface area contributed by atoms with Crippen LogP contribution in [0.5, 0.6) is 0 Å². The highest BCUT2D eigenvalue weighted by molar-refractivity contribution is 7.09. The standard InChI is InChI=1S/C35H50N4O6S/c1-7-8-12-19-38(6)29(24(2)3)22-30(44-21-14-13-20-39-31(41)17-18-32(39)42)35-37-28(23-46-35)34(43)36-25(4)33(45-26(5)40)27-15-10-9-11-16-27/h9-11,15-18,23-25,29-30,33H,7-8,12-14,19-22H2,1-6H3,(H,36,43)/t25-,29-,30-,33?/m1/s1. The molecule has 46 heavy (non-hydrogen) atoms. The second-order valence-electron chi connectivity index (χ2n) is 12.2. The molecule has 2 aromatic rings. The highest BCUT2D eigenvalue weighted by atomic mass is 32.1. The first-order valence-electron chi connectivity index (χ1n) is 16.4. The first kappa shape index (κ1) is 37.1. The van der Waals surface area contributed by atoms with E-state index in [4.69, 9.17) is 14.5 Å². The highest BCUT2D eigenvalue weighted by Gasteiger charge is 2.29. The molecule has 4 atom stereocenters. The predicted octanol–water partition coefficient (Wildman–Crippen LogP) is 5.87. The number of esters is 1. The zero-order chi connectivity index (χ0) is 33.6. The molecule has 1 aromatic carbocycles. The molecule has 1 aromatic heterocycles. The number of unbranched alkanes of at least 4 members (excludes halogenated alkanes) is 3. The molecule has 1 N–H and O–H groups in total. The van der Waals surface area contributed by atoms with E-state index in [0.717, 1.165) is 30.0 Å². The Morgan fingerprint density at radius 3 is 2.35 bits per heavy atom. The van der Waals surface area contributed by atoms with E-state index in [1.54, 1.807) is 12.3 Å². The van der Waals surface area contributed by atoms with Crippen LogP contribution in [0.4, 0.5) is 0 Å². The van der Waals surface area contributed by atoms with Crippen molar-refractivity contribution in [3.05, 3.63) is 64.1 Å². The van der Waals surface area contributed by atoms with E-state index in [1.807, 2.05) is 30.3 Å². The number of hydrogen-bond acceptors (Lipinski definition) is 9. The number of imide groups is 1. The first-order valence-corrected chi connectivity index (χ1v) is 17.2. The number of carbonyl (C=O) groups is 4. The second-order valence-corrected chi connectivity index (χ2v) is 13.1. The Labute approximate surface area is 277 Å². The molecule has 0 saturated carbocycles. The van der Waals surface area contributed by atoms with Gasteiger partial charge < -0.3 is 19.7 Å². The van der Waals surface area contributed by atoms with Gasteiger partial charge in [0.15, 0.2) is 0 Å². The van der Waals surface area contributed by atoms with Crippen molar-refractivity contribution in [1.29, 1.82) is 0 Å². The van der Waals surface area contributed by atoms with Crippen LogP contribution in [0.1, 0.15) is 106 Å². The number of nitrogens with one attached hydrogen (secondary N) is 1. The molecule has 11 heteroatoms. The predicted molar refractivity (Wildman–Crippen MR) is 179 cm³/mol. The lowest BCUT2D eigenvalue weighted by Crippen LogP contribution is -2.39. The number of thiazole rings is 1. The fourth-order valence-electron chi connectivity index (χ4n) is 5.62. The second kappa shape index (κ2) is 18.7. The maximum Gasteiger partial charge on any atom is 0.303 e. The average Bonchev–Trinajstić information content (AvgIpc) is 3.64. The molecule has 252 valence electrons. The summed E-state index contributed by atoms with van der Waals surface area (Å²) in [7, 11) is 2.16. The maximum atomic E-state index is 13.4. The third-order valence-corrected chi connectivity index (χ3v) is 9.10. The Bertz CT molecular complexity index is 1300. The number of ether oxygens (including phenoxy) is 2. The van der Waals surface area contributed by atoms with Crippen molar-refractivity contribution in [2.75, 3.05) is 26.7 Å². The van der Waals surface area contributed by atoms with Gasteiger partial charge in [-0.05, 0) is 57.7 Å². The largest absolute Gasteiger partial charge is 0.455 e. The van der Waals surface area contributed by atoms with Gasteiger partial charge in [-0.1, -0.05) is 63.9 Å².